The van der Waals surface area contributed by atoms with E-state index in [9.17, 15) is 9.59 Å². The van der Waals surface area contributed by atoms with Gasteiger partial charge in [0.15, 0.2) is 5.69 Å². The summed E-state index contributed by atoms with van der Waals surface area (Å²) in [5, 5.41) is 12.4. The summed E-state index contributed by atoms with van der Waals surface area (Å²) < 4.78 is 1.52. The van der Waals surface area contributed by atoms with Crippen LogP contribution >= 0.6 is 0 Å². The molecule has 0 bridgehead atoms. The number of hydrogen-bond donors (Lipinski definition) is 1. The lowest BCUT2D eigenvalue weighted by molar-refractivity contribution is 0.0453. The lowest BCUT2D eigenvalue weighted by atomic mass is 9.92. The quantitative estimate of drug-likeness (QED) is 0.771. The second-order valence-corrected chi connectivity index (χ2v) is 8.18. The zero-order valence-corrected chi connectivity index (χ0v) is 15.8. The summed E-state index contributed by atoms with van der Waals surface area (Å²) in [5.41, 5.74) is 1.98. The van der Waals surface area contributed by atoms with Crippen molar-refractivity contribution in [3.8, 4) is 0 Å². The molecule has 7 heteroatoms. The van der Waals surface area contributed by atoms with Gasteiger partial charge in [-0.15, -0.1) is 0 Å². The predicted octanol–water partition coefficient (Wildman–Crippen LogP) is 2.19. The summed E-state index contributed by atoms with van der Waals surface area (Å²) in [6.07, 6.45) is 0. The fraction of sp³-hybridized carbons (Fsp3) is 0.400. The maximum Gasteiger partial charge on any atom is 0.275 e. The number of benzene rings is 1. The number of rotatable bonds is 3. The Bertz CT molecular complexity index is 1050. The van der Waals surface area contributed by atoms with Crippen LogP contribution in [0.4, 0.5) is 0 Å². The Morgan fingerprint density at radius 1 is 1.19 bits per heavy atom. The lowest BCUT2D eigenvalue weighted by Crippen LogP contribution is -2.52. The fourth-order valence-electron chi connectivity index (χ4n) is 3.35. The van der Waals surface area contributed by atoms with Crippen LogP contribution in [-0.4, -0.2) is 43.9 Å². The summed E-state index contributed by atoms with van der Waals surface area (Å²) >= 11 is 0. The smallest absolute Gasteiger partial charge is 0.275 e. The Morgan fingerprint density at radius 3 is 2.67 bits per heavy atom. The van der Waals surface area contributed by atoms with E-state index in [0.29, 0.717) is 25.3 Å². The monoisotopic (exact) mass is 365 g/mol. The maximum absolute atomic E-state index is 12.7. The molecule has 3 aromatic rings. The van der Waals surface area contributed by atoms with E-state index in [-0.39, 0.29) is 22.8 Å². The highest BCUT2D eigenvalue weighted by atomic mass is 16.2. The third-order valence-electron chi connectivity index (χ3n) is 4.98. The van der Waals surface area contributed by atoms with Crippen LogP contribution < -0.4 is 5.56 Å². The summed E-state index contributed by atoms with van der Waals surface area (Å²) in [5.74, 6) is 0.145. The Labute approximate surface area is 157 Å². The van der Waals surface area contributed by atoms with E-state index in [1.807, 2.05) is 24.3 Å². The van der Waals surface area contributed by atoms with Crippen molar-refractivity contribution in [1.29, 1.82) is 0 Å². The molecule has 27 heavy (non-hydrogen) atoms. The molecule has 0 aliphatic carbocycles. The third-order valence-corrected chi connectivity index (χ3v) is 4.98. The molecule has 3 heterocycles. The van der Waals surface area contributed by atoms with Crippen LogP contribution in [0.5, 0.6) is 0 Å². The minimum atomic E-state index is -0.113. The van der Waals surface area contributed by atoms with E-state index in [0.717, 1.165) is 16.6 Å². The average molecular weight is 365 g/mol. The highest BCUT2D eigenvalue weighted by Crippen LogP contribution is 2.23. The van der Waals surface area contributed by atoms with E-state index in [1.54, 1.807) is 17.0 Å². The highest BCUT2D eigenvalue weighted by Gasteiger charge is 2.33. The van der Waals surface area contributed by atoms with Gasteiger partial charge in [-0.3, -0.25) is 14.7 Å². The molecule has 0 spiro atoms. The summed E-state index contributed by atoms with van der Waals surface area (Å²) in [4.78, 5) is 26.6. The van der Waals surface area contributed by atoms with Gasteiger partial charge in [0.25, 0.3) is 11.5 Å². The average Bonchev–Trinajstić information content (AvgIpc) is 3.01. The second-order valence-electron chi connectivity index (χ2n) is 8.18. The number of nitrogens with zero attached hydrogens (tertiary/aromatic N) is 4. The van der Waals surface area contributed by atoms with Gasteiger partial charge in [0, 0.05) is 35.9 Å². The van der Waals surface area contributed by atoms with Crippen LogP contribution in [-0.2, 0) is 12.0 Å². The molecular weight excluding hydrogens is 342 g/mol. The zero-order chi connectivity index (χ0) is 19.2. The van der Waals surface area contributed by atoms with Crippen LogP contribution in [0.1, 0.15) is 37.0 Å². The number of nitrogens with one attached hydrogen (secondary N) is 1. The Morgan fingerprint density at radius 2 is 1.93 bits per heavy atom. The maximum atomic E-state index is 12.7. The van der Waals surface area contributed by atoms with Crippen molar-refractivity contribution < 1.29 is 4.79 Å². The van der Waals surface area contributed by atoms with Gasteiger partial charge in [-0.05, 0) is 12.1 Å². The third kappa shape index (κ3) is 3.25. The van der Waals surface area contributed by atoms with Crippen molar-refractivity contribution in [2.45, 2.75) is 32.7 Å². The highest BCUT2D eigenvalue weighted by molar-refractivity contribution is 6.04. The van der Waals surface area contributed by atoms with Crippen LogP contribution in [0.3, 0.4) is 0 Å². The first kappa shape index (κ1) is 17.5. The van der Waals surface area contributed by atoms with E-state index in [4.69, 9.17) is 0 Å². The van der Waals surface area contributed by atoms with Crippen molar-refractivity contribution in [1.82, 2.24) is 24.9 Å². The van der Waals surface area contributed by atoms with Gasteiger partial charge in [0.05, 0.1) is 17.8 Å². The van der Waals surface area contributed by atoms with Gasteiger partial charge >= 0.3 is 0 Å². The molecule has 1 aliphatic heterocycles. The molecule has 1 amide bonds. The van der Waals surface area contributed by atoms with E-state index < -0.39 is 0 Å². The first-order valence-corrected chi connectivity index (χ1v) is 9.14. The number of carbonyl (C=O) groups excluding carboxylic acids is 1. The summed E-state index contributed by atoms with van der Waals surface area (Å²) in [7, 11) is 0. The number of H-pyrrole nitrogens is 1. The summed E-state index contributed by atoms with van der Waals surface area (Å²) in [6, 6.07) is 11.0. The molecule has 2 aromatic heterocycles. The first-order chi connectivity index (χ1) is 12.8. The molecule has 0 unspecified atom stereocenters. The molecule has 0 radical (unpaired) electrons. The Balaban J connectivity index is 1.44. The van der Waals surface area contributed by atoms with Crippen molar-refractivity contribution in [3.05, 3.63) is 58.1 Å². The molecular formula is C20H23N5O2. The molecule has 1 saturated heterocycles. The minimum absolute atomic E-state index is 0.0764. The van der Waals surface area contributed by atoms with Gasteiger partial charge < -0.3 is 4.90 Å². The fourth-order valence-corrected chi connectivity index (χ4v) is 3.35. The van der Waals surface area contributed by atoms with Crippen LogP contribution in [0.25, 0.3) is 10.9 Å². The number of para-hydroxylation sites is 1. The number of fused-ring (bicyclic) bond motifs is 1. The largest absolute Gasteiger partial charge is 0.336 e. The van der Waals surface area contributed by atoms with Crippen LogP contribution in [0.15, 0.2) is 41.2 Å². The summed E-state index contributed by atoms with van der Waals surface area (Å²) in [6.45, 7) is 7.95. The predicted molar refractivity (Wildman–Crippen MR) is 103 cm³/mol. The molecule has 1 fully saturated rings. The second kappa shape index (κ2) is 6.33. The molecule has 0 atom stereocenters. The molecule has 1 aliphatic rings. The van der Waals surface area contributed by atoms with E-state index >= 15 is 0 Å². The molecule has 0 saturated carbocycles. The Hall–Kier alpha value is -2.96. The molecule has 7 nitrogen and oxygen atoms in total. The van der Waals surface area contributed by atoms with Crippen molar-refractivity contribution in [2.24, 2.45) is 5.92 Å². The van der Waals surface area contributed by atoms with Gasteiger partial charge in [0.1, 0.15) is 0 Å². The lowest BCUT2D eigenvalue weighted by Gasteiger charge is -2.39. The zero-order valence-electron chi connectivity index (χ0n) is 15.8. The number of carbonyl (C=O) groups is 1. The number of likely N-dealkylation sites (tertiary alicyclic amines) is 1. The van der Waals surface area contributed by atoms with Crippen LogP contribution in [0, 0.1) is 5.92 Å². The first-order valence-electron chi connectivity index (χ1n) is 9.14. The van der Waals surface area contributed by atoms with Gasteiger partial charge in [-0.25, -0.2) is 4.68 Å². The van der Waals surface area contributed by atoms with Crippen molar-refractivity contribution in [2.75, 3.05) is 13.1 Å². The number of aromatic nitrogens is 4. The van der Waals surface area contributed by atoms with E-state index in [2.05, 4.69) is 36.1 Å². The number of amides is 1. The SMILES string of the molecule is CC(C)(C)c1ccc(=O)n(CC2CN(C(=O)c3n[nH]c4ccccc34)C2)n1. The number of hydrogen-bond acceptors (Lipinski definition) is 4. The molecule has 4 rings (SSSR count). The van der Waals surface area contributed by atoms with Crippen molar-refractivity contribution in [3.63, 3.8) is 0 Å². The van der Waals surface area contributed by atoms with Gasteiger partial charge in [-0.2, -0.15) is 10.2 Å². The Kier molecular flexibility index (Phi) is 4.09. The van der Waals surface area contributed by atoms with Gasteiger partial charge in [0.2, 0.25) is 0 Å². The minimum Gasteiger partial charge on any atom is -0.336 e. The normalized spacial score (nSPS) is 15.1. The molecule has 1 aromatic carbocycles. The van der Waals surface area contributed by atoms with Crippen molar-refractivity contribution >= 4 is 16.8 Å². The number of aromatic amines is 1. The topological polar surface area (TPSA) is 83.9 Å². The van der Waals surface area contributed by atoms with Gasteiger partial charge in [-0.1, -0.05) is 39.0 Å². The van der Waals surface area contributed by atoms with E-state index in [1.165, 1.54) is 4.68 Å². The molecule has 1 N–H and O–H groups in total. The standard InChI is InChI=1S/C20H23N5O2/c1-20(2,3)16-8-9-17(26)25(23-16)12-13-10-24(11-13)19(27)18-14-6-4-5-7-15(14)21-22-18/h4-9,13H,10-12H2,1-3H3,(H,21,22). The molecule has 140 valence electrons. The van der Waals surface area contributed by atoms with Crippen LogP contribution in [0.2, 0.25) is 0 Å².